The summed E-state index contributed by atoms with van der Waals surface area (Å²) in [6, 6.07) is 5.62. The van der Waals surface area contributed by atoms with Crippen LogP contribution < -0.4 is 9.47 Å². The molecule has 1 rings (SSSR count). The third kappa shape index (κ3) is 10.7. The lowest BCUT2D eigenvalue weighted by atomic mass is 10.1. The summed E-state index contributed by atoms with van der Waals surface area (Å²) in [7, 11) is 0. The average molecular weight is 379 g/mol. The molecule has 0 atom stereocenters. The molecule has 0 amide bonds. The van der Waals surface area contributed by atoms with E-state index in [0.29, 0.717) is 31.3 Å². The fraction of sp³-hybridized carbons (Fsp3) is 0.591. The molecule has 0 aromatic heterocycles. The van der Waals surface area contributed by atoms with E-state index >= 15 is 0 Å². The van der Waals surface area contributed by atoms with Crippen molar-refractivity contribution in [3.05, 3.63) is 29.8 Å². The number of benzene rings is 1. The van der Waals surface area contributed by atoms with Crippen LogP contribution in [-0.4, -0.2) is 37.5 Å². The van der Waals surface area contributed by atoms with Crippen molar-refractivity contribution in [3.8, 4) is 11.5 Å². The summed E-state index contributed by atoms with van der Waals surface area (Å²) in [6.45, 7) is 5.89. The summed E-state index contributed by atoms with van der Waals surface area (Å²) in [4.78, 5) is 11.8. The number of rotatable bonds is 15. The van der Waals surface area contributed by atoms with Gasteiger partial charge in [-0.25, -0.2) is 4.79 Å². The van der Waals surface area contributed by atoms with Crippen molar-refractivity contribution in [3.63, 3.8) is 0 Å². The highest BCUT2D eigenvalue weighted by Gasteiger charge is 2.06. The maximum atomic E-state index is 11.8. The summed E-state index contributed by atoms with van der Waals surface area (Å²) < 4.78 is 16.5. The molecule has 1 N–H and O–H groups in total. The van der Waals surface area contributed by atoms with Crippen LogP contribution in [0.5, 0.6) is 11.5 Å². The highest BCUT2D eigenvalue weighted by molar-refractivity contribution is 5.87. The van der Waals surface area contributed by atoms with Crippen LogP contribution in [-0.2, 0) is 9.53 Å². The van der Waals surface area contributed by atoms with Gasteiger partial charge < -0.3 is 19.3 Å². The molecule has 1 aromatic carbocycles. The Hall–Kier alpha value is -2.01. The predicted molar refractivity (Wildman–Crippen MR) is 108 cm³/mol. The number of hydrogen-bond acceptors (Lipinski definition) is 5. The Morgan fingerprint density at radius 2 is 1.70 bits per heavy atom. The number of aliphatic hydroxyl groups is 1. The van der Waals surface area contributed by atoms with Gasteiger partial charge in [-0.3, -0.25) is 0 Å². The van der Waals surface area contributed by atoms with Gasteiger partial charge in [0.1, 0.15) is 0 Å². The molecule has 0 unspecified atom stereocenters. The highest BCUT2D eigenvalue weighted by atomic mass is 16.5. The number of hydrogen-bond donors (Lipinski definition) is 1. The molecule has 0 aliphatic rings. The lowest BCUT2D eigenvalue weighted by Crippen LogP contribution is -2.02. The van der Waals surface area contributed by atoms with Gasteiger partial charge in [0, 0.05) is 12.7 Å². The van der Waals surface area contributed by atoms with Crippen LogP contribution >= 0.6 is 0 Å². The second-order valence-electron chi connectivity index (χ2n) is 6.33. The van der Waals surface area contributed by atoms with E-state index < -0.39 is 0 Å². The largest absolute Gasteiger partial charge is 0.490 e. The first-order chi connectivity index (χ1) is 13.2. The first kappa shape index (κ1) is 23.0. The minimum atomic E-state index is -0.333. The standard InChI is InChI=1S/C22H34O5/c1-3-16-26-21-18-19(11-13-20(21)25-4-2)12-14-22(24)27-17-10-8-6-5-7-9-15-23/h11-14,18,23H,3-10,15-17H2,1-2H3/b14-12+. The van der Waals surface area contributed by atoms with Crippen LogP contribution in [0.15, 0.2) is 24.3 Å². The molecule has 0 aliphatic carbocycles. The van der Waals surface area contributed by atoms with Gasteiger partial charge in [-0.15, -0.1) is 0 Å². The van der Waals surface area contributed by atoms with Gasteiger partial charge in [-0.1, -0.05) is 38.7 Å². The lowest BCUT2D eigenvalue weighted by molar-refractivity contribution is -0.137. The van der Waals surface area contributed by atoms with E-state index in [1.165, 1.54) is 6.08 Å². The van der Waals surface area contributed by atoms with E-state index in [4.69, 9.17) is 19.3 Å². The molecule has 152 valence electrons. The number of aliphatic hydroxyl groups excluding tert-OH is 1. The number of esters is 1. The fourth-order valence-electron chi connectivity index (χ4n) is 2.53. The molecular formula is C22H34O5. The van der Waals surface area contributed by atoms with E-state index in [2.05, 4.69) is 6.92 Å². The lowest BCUT2D eigenvalue weighted by Gasteiger charge is -2.12. The molecule has 0 heterocycles. The Bertz CT molecular complexity index is 554. The van der Waals surface area contributed by atoms with Gasteiger partial charge in [-0.05, 0) is 50.0 Å². The van der Waals surface area contributed by atoms with E-state index in [1.54, 1.807) is 6.08 Å². The van der Waals surface area contributed by atoms with Crippen molar-refractivity contribution in [1.29, 1.82) is 0 Å². The molecule has 5 nitrogen and oxygen atoms in total. The predicted octanol–water partition coefficient (Wildman–Crippen LogP) is 4.76. The quantitative estimate of drug-likeness (QED) is 0.271. The van der Waals surface area contributed by atoms with Crippen LogP contribution in [0, 0.1) is 0 Å². The van der Waals surface area contributed by atoms with Gasteiger partial charge in [0.2, 0.25) is 0 Å². The third-order valence-corrected chi connectivity index (χ3v) is 3.94. The number of carbonyl (C=O) groups excluding carboxylic acids is 1. The van der Waals surface area contributed by atoms with Crippen LogP contribution in [0.4, 0.5) is 0 Å². The second kappa shape index (κ2) is 15.1. The molecule has 0 bridgehead atoms. The molecular weight excluding hydrogens is 344 g/mol. The van der Waals surface area contributed by atoms with Crippen molar-refractivity contribution in [2.45, 2.75) is 58.8 Å². The molecule has 0 saturated heterocycles. The van der Waals surface area contributed by atoms with Gasteiger partial charge in [-0.2, -0.15) is 0 Å². The number of carbonyl (C=O) groups is 1. The molecule has 5 heteroatoms. The summed E-state index contributed by atoms with van der Waals surface area (Å²) in [6.07, 6.45) is 10.2. The SMILES string of the molecule is CCCOc1cc(/C=C/C(=O)OCCCCCCCCO)ccc1OCC. The molecule has 0 fully saturated rings. The molecule has 0 spiro atoms. The maximum absolute atomic E-state index is 11.8. The monoisotopic (exact) mass is 378 g/mol. The van der Waals surface area contributed by atoms with Crippen molar-refractivity contribution >= 4 is 12.0 Å². The Morgan fingerprint density at radius 1 is 0.963 bits per heavy atom. The minimum Gasteiger partial charge on any atom is -0.490 e. The van der Waals surface area contributed by atoms with Gasteiger partial charge >= 0.3 is 5.97 Å². The minimum absolute atomic E-state index is 0.268. The Morgan fingerprint density at radius 3 is 2.41 bits per heavy atom. The van der Waals surface area contributed by atoms with E-state index in [-0.39, 0.29) is 12.6 Å². The topological polar surface area (TPSA) is 65.0 Å². The van der Waals surface area contributed by atoms with Crippen LogP contribution in [0.1, 0.15) is 64.4 Å². The number of unbranched alkanes of at least 4 members (excludes halogenated alkanes) is 5. The zero-order valence-corrected chi connectivity index (χ0v) is 16.7. The summed E-state index contributed by atoms with van der Waals surface area (Å²) in [5.74, 6) is 1.07. The van der Waals surface area contributed by atoms with Crippen LogP contribution in [0.3, 0.4) is 0 Å². The molecule has 27 heavy (non-hydrogen) atoms. The van der Waals surface area contributed by atoms with Crippen molar-refractivity contribution in [2.24, 2.45) is 0 Å². The Labute approximate surface area is 163 Å². The first-order valence-corrected chi connectivity index (χ1v) is 10.1. The summed E-state index contributed by atoms with van der Waals surface area (Å²) in [5.41, 5.74) is 0.866. The first-order valence-electron chi connectivity index (χ1n) is 10.1. The normalized spacial score (nSPS) is 10.9. The zero-order valence-electron chi connectivity index (χ0n) is 16.7. The Kier molecular flexibility index (Phi) is 12.9. The number of ether oxygens (including phenoxy) is 3. The van der Waals surface area contributed by atoms with Gasteiger partial charge in [0.25, 0.3) is 0 Å². The highest BCUT2D eigenvalue weighted by Crippen LogP contribution is 2.29. The maximum Gasteiger partial charge on any atom is 0.330 e. The molecule has 0 aliphatic heterocycles. The Balaban J connectivity index is 2.38. The van der Waals surface area contributed by atoms with Gasteiger partial charge in [0.15, 0.2) is 11.5 Å². The van der Waals surface area contributed by atoms with Crippen molar-refractivity contribution in [2.75, 3.05) is 26.4 Å². The summed E-state index contributed by atoms with van der Waals surface area (Å²) in [5, 5.41) is 8.71. The van der Waals surface area contributed by atoms with Crippen molar-refractivity contribution < 1.29 is 24.1 Å². The molecule has 0 radical (unpaired) electrons. The van der Waals surface area contributed by atoms with E-state index in [1.807, 2.05) is 25.1 Å². The van der Waals surface area contributed by atoms with Crippen LogP contribution in [0.2, 0.25) is 0 Å². The fourth-order valence-corrected chi connectivity index (χ4v) is 2.53. The van der Waals surface area contributed by atoms with Crippen LogP contribution in [0.25, 0.3) is 6.08 Å². The second-order valence-corrected chi connectivity index (χ2v) is 6.33. The average Bonchev–Trinajstić information content (AvgIpc) is 2.68. The van der Waals surface area contributed by atoms with Gasteiger partial charge in [0.05, 0.1) is 19.8 Å². The van der Waals surface area contributed by atoms with E-state index in [9.17, 15) is 4.79 Å². The zero-order chi connectivity index (χ0) is 19.7. The summed E-state index contributed by atoms with van der Waals surface area (Å²) >= 11 is 0. The third-order valence-electron chi connectivity index (χ3n) is 3.94. The molecule has 0 saturated carbocycles. The molecule has 1 aromatic rings. The van der Waals surface area contributed by atoms with E-state index in [0.717, 1.165) is 50.5 Å². The van der Waals surface area contributed by atoms with Crippen molar-refractivity contribution in [1.82, 2.24) is 0 Å². The smallest absolute Gasteiger partial charge is 0.330 e.